The molecule has 0 fully saturated rings. The van der Waals surface area contributed by atoms with Crippen molar-refractivity contribution < 1.29 is 4.74 Å². The van der Waals surface area contributed by atoms with Crippen LogP contribution in [0.25, 0.3) is 0 Å². The van der Waals surface area contributed by atoms with Crippen LogP contribution in [-0.2, 0) is 0 Å². The molecule has 2 atom stereocenters. The van der Waals surface area contributed by atoms with Crippen molar-refractivity contribution in [2.75, 3.05) is 6.61 Å². The van der Waals surface area contributed by atoms with Crippen LogP contribution in [0.1, 0.15) is 57.1 Å². The van der Waals surface area contributed by atoms with Crippen LogP contribution >= 0.6 is 0 Å². The zero-order valence-corrected chi connectivity index (χ0v) is 12.2. The van der Waals surface area contributed by atoms with Crippen molar-refractivity contribution in [3.05, 3.63) is 29.3 Å². The maximum absolute atomic E-state index is 5.87. The average molecular weight is 249 g/mol. The van der Waals surface area contributed by atoms with Gasteiger partial charge in [0, 0.05) is 6.04 Å². The zero-order valence-electron chi connectivity index (χ0n) is 12.2. The molecule has 2 heteroatoms. The highest BCUT2D eigenvalue weighted by molar-refractivity contribution is 5.39. The Hall–Kier alpha value is -1.02. The van der Waals surface area contributed by atoms with Crippen LogP contribution in [0.15, 0.2) is 18.2 Å². The first-order valence-electron chi connectivity index (χ1n) is 7.07. The molecule has 0 saturated carbocycles. The summed E-state index contributed by atoms with van der Waals surface area (Å²) in [5, 5.41) is 0. The second kappa shape index (κ2) is 7.42. The molecular formula is C16H27NO. The van der Waals surface area contributed by atoms with E-state index in [9.17, 15) is 0 Å². The highest BCUT2D eigenvalue weighted by Crippen LogP contribution is 2.33. The van der Waals surface area contributed by atoms with Gasteiger partial charge in [-0.2, -0.15) is 0 Å². The summed E-state index contributed by atoms with van der Waals surface area (Å²) in [5.41, 5.74) is 8.51. The van der Waals surface area contributed by atoms with Gasteiger partial charge in [-0.25, -0.2) is 0 Å². The van der Waals surface area contributed by atoms with E-state index in [4.69, 9.17) is 10.5 Å². The predicted octanol–water partition coefficient (Wildman–Crippen LogP) is 4.01. The first-order chi connectivity index (χ1) is 8.58. The number of ether oxygens (including phenoxy) is 1. The summed E-state index contributed by atoms with van der Waals surface area (Å²) in [5.74, 6) is 1.59. The Bertz CT molecular complexity index is 360. The lowest BCUT2D eigenvalue weighted by Gasteiger charge is -2.20. The van der Waals surface area contributed by atoms with Crippen LogP contribution in [0.2, 0.25) is 0 Å². The second-order valence-electron chi connectivity index (χ2n) is 5.13. The second-order valence-corrected chi connectivity index (χ2v) is 5.13. The van der Waals surface area contributed by atoms with Crippen LogP contribution in [0.3, 0.4) is 0 Å². The Morgan fingerprint density at radius 1 is 1.22 bits per heavy atom. The smallest absolute Gasteiger partial charge is 0.122 e. The molecule has 1 rings (SSSR count). The predicted molar refractivity (Wildman–Crippen MR) is 78.3 cm³/mol. The quantitative estimate of drug-likeness (QED) is 0.792. The topological polar surface area (TPSA) is 35.2 Å². The normalized spacial score (nSPS) is 14.3. The Morgan fingerprint density at radius 3 is 2.50 bits per heavy atom. The van der Waals surface area contributed by atoms with E-state index in [2.05, 4.69) is 39.0 Å². The van der Waals surface area contributed by atoms with Crippen molar-refractivity contribution in [2.45, 2.75) is 58.9 Å². The lowest BCUT2D eigenvalue weighted by atomic mass is 9.89. The van der Waals surface area contributed by atoms with Crippen LogP contribution in [-0.4, -0.2) is 12.6 Å². The van der Waals surface area contributed by atoms with E-state index in [-0.39, 0.29) is 6.04 Å². The molecule has 2 N–H and O–H groups in total. The lowest BCUT2D eigenvalue weighted by molar-refractivity contribution is 0.332. The standard InChI is InChI=1S/C16H27NO/c1-5-14(9-8-13(4)17)15-11-12(3)7-10-16(15)18-6-2/h7,10-11,13-14H,5-6,8-9,17H2,1-4H3. The van der Waals surface area contributed by atoms with Gasteiger partial charge in [-0.3, -0.25) is 0 Å². The van der Waals surface area contributed by atoms with Crippen molar-refractivity contribution in [3.63, 3.8) is 0 Å². The van der Waals surface area contributed by atoms with Crippen molar-refractivity contribution in [2.24, 2.45) is 5.73 Å². The molecule has 0 aliphatic rings. The molecule has 1 aromatic carbocycles. The maximum Gasteiger partial charge on any atom is 0.122 e. The van der Waals surface area contributed by atoms with E-state index in [0.717, 1.165) is 31.6 Å². The van der Waals surface area contributed by atoms with Crippen molar-refractivity contribution in [3.8, 4) is 5.75 Å². The van der Waals surface area contributed by atoms with Gasteiger partial charge in [-0.05, 0) is 57.6 Å². The first-order valence-corrected chi connectivity index (χ1v) is 7.07. The van der Waals surface area contributed by atoms with Crippen LogP contribution in [0.5, 0.6) is 5.75 Å². The summed E-state index contributed by atoms with van der Waals surface area (Å²) in [6.07, 6.45) is 3.34. The molecule has 0 aliphatic heterocycles. The monoisotopic (exact) mass is 249 g/mol. The van der Waals surface area contributed by atoms with Crippen LogP contribution in [0.4, 0.5) is 0 Å². The fraction of sp³-hybridized carbons (Fsp3) is 0.625. The number of hydrogen-bond acceptors (Lipinski definition) is 2. The van der Waals surface area contributed by atoms with Crippen molar-refractivity contribution in [1.29, 1.82) is 0 Å². The van der Waals surface area contributed by atoms with Gasteiger partial charge in [-0.1, -0.05) is 24.6 Å². The van der Waals surface area contributed by atoms with E-state index < -0.39 is 0 Å². The minimum absolute atomic E-state index is 0.277. The third kappa shape index (κ3) is 4.34. The molecule has 1 aromatic rings. The van der Waals surface area contributed by atoms with Crippen molar-refractivity contribution >= 4 is 0 Å². The van der Waals surface area contributed by atoms with E-state index >= 15 is 0 Å². The number of aryl methyl sites for hydroxylation is 1. The Balaban J connectivity index is 2.91. The average Bonchev–Trinajstić information content (AvgIpc) is 2.33. The van der Waals surface area contributed by atoms with Crippen LogP contribution in [0, 0.1) is 6.92 Å². The summed E-state index contributed by atoms with van der Waals surface area (Å²) >= 11 is 0. The van der Waals surface area contributed by atoms with Crippen LogP contribution < -0.4 is 10.5 Å². The molecule has 102 valence electrons. The van der Waals surface area contributed by atoms with E-state index in [0.29, 0.717) is 5.92 Å². The number of hydrogen-bond donors (Lipinski definition) is 1. The largest absolute Gasteiger partial charge is 0.494 e. The summed E-state index contributed by atoms with van der Waals surface area (Å²) in [7, 11) is 0. The van der Waals surface area contributed by atoms with Gasteiger partial charge in [0.1, 0.15) is 5.75 Å². The van der Waals surface area contributed by atoms with Gasteiger partial charge in [0.25, 0.3) is 0 Å². The summed E-state index contributed by atoms with van der Waals surface area (Å²) in [6.45, 7) is 9.21. The molecule has 0 bridgehead atoms. The SMILES string of the molecule is CCOc1ccc(C)cc1C(CC)CCC(C)N. The first kappa shape index (κ1) is 15.0. The zero-order chi connectivity index (χ0) is 13.5. The van der Waals surface area contributed by atoms with Gasteiger partial charge >= 0.3 is 0 Å². The Morgan fingerprint density at radius 2 is 1.94 bits per heavy atom. The number of nitrogens with two attached hydrogens (primary N) is 1. The van der Waals surface area contributed by atoms with Gasteiger partial charge in [0.15, 0.2) is 0 Å². The molecule has 0 spiro atoms. The highest BCUT2D eigenvalue weighted by atomic mass is 16.5. The van der Waals surface area contributed by atoms with E-state index in [1.165, 1.54) is 11.1 Å². The lowest BCUT2D eigenvalue weighted by Crippen LogP contribution is -2.16. The minimum atomic E-state index is 0.277. The van der Waals surface area contributed by atoms with E-state index in [1.54, 1.807) is 0 Å². The third-order valence-electron chi connectivity index (χ3n) is 3.37. The summed E-state index contributed by atoms with van der Waals surface area (Å²) in [4.78, 5) is 0. The minimum Gasteiger partial charge on any atom is -0.494 e. The molecular weight excluding hydrogens is 222 g/mol. The molecule has 2 nitrogen and oxygen atoms in total. The van der Waals surface area contributed by atoms with Gasteiger partial charge in [-0.15, -0.1) is 0 Å². The highest BCUT2D eigenvalue weighted by Gasteiger charge is 2.15. The fourth-order valence-corrected chi connectivity index (χ4v) is 2.32. The maximum atomic E-state index is 5.87. The summed E-state index contributed by atoms with van der Waals surface area (Å²) in [6, 6.07) is 6.76. The Kier molecular flexibility index (Phi) is 6.20. The summed E-state index contributed by atoms with van der Waals surface area (Å²) < 4.78 is 5.75. The molecule has 0 amide bonds. The molecule has 0 aliphatic carbocycles. The van der Waals surface area contributed by atoms with Gasteiger partial charge < -0.3 is 10.5 Å². The molecule has 0 heterocycles. The third-order valence-corrected chi connectivity index (χ3v) is 3.37. The van der Waals surface area contributed by atoms with Crippen molar-refractivity contribution in [1.82, 2.24) is 0 Å². The molecule has 2 unspecified atom stereocenters. The van der Waals surface area contributed by atoms with Gasteiger partial charge in [0.05, 0.1) is 6.61 Å². The molecule has 0 saturated heterocycles. The fourth-order valence-electron chi connectivity index (χ4n) is 2.32. The molecule has 18 heavy (non-hydrogen) atoms. The molecule has 0 radical (unpaired) electrons. The number of rotatable bonds is 7. The Labute approximate surface area is 112 Å². The molecule has 0 aromatic heterocycles. The van der Waals surface area contributed by atoms with Gasteiger partial charge in [0.2, 0.25) is 0 Å². The number of benzene rings is 1. The van der Waals surface area contributed by atoms with E-state index in [1.807, 2.05) is 6.92 Å².